The van der Waals surface area contributed by atoms with Gasteiger partial charge in [0, 0.05) is 0 Å². The molecule has 3 heteroatoms. The van der Waals surface area contributed by atoms with Crippen LogP contribution in [0.5, 0.6) is 0 Å². The monoisotopic (exact) mass is 410 g/mol. The van der Waals surface area contributed by atoms with Crippen LogP contribution in [0.1, 0.15) is 0 Å². The van der Waals surface area contributed by atoms with Crippen molar-refractivity contribution in [2.75, 3.05) is 0 Å². The van der Waals surface area contributed by atoms with Crippen molar-refractivity contribution >= 4 is 40.0 Å². The van der Waals surface area contributed by atoms with E-state index in [1.54, 1.807) is 0 Å². The summed E-state index contributed by atoms with van der Waals surface area (Å²) in [6.45, 7) is 0. The van der Waals surface area contributed by atoms with E-state index in [4.69, 9.17) is 0 Å². The molecule has 15 heavy (non-hydrogen) atoms. The Hall–Kier alpha value is -0.408. The molecule has 0 amide bonds. The topological polar surface area (TPSA) is 17.1 Å². The standard InChI is InChI=1S/C12H10OP.Pb.H/c13-14(11-7-3-1-4-8-11)12-9-5-2-6-10-12;;/h1-10H;;/q+1;-1;. The summed E-state index contributed by atoms with van der Waals surface area (Å²) < 4.78 is 10.5. The molecule has 0 aliphatic heterocycles. The molecule has 0 fully saturated rings. The van der Waals surface area contributed by atoms with Gasteiger partial charge in [-0.25, -0.2) is 0 Å². The van der Waals surface area contributed by atoms with Crippen LogP contribution in [0.25, 0.3) is 0 Å². The molecule has 0 bridgehead atoms. The molecule has 0 saturated heterocycles. The third-order valence-electron chi connectivity index (χ3n) is 2.28. The van der Waals surface area contributed by atoms with E-state index in [0.717, 1.165) is 10.6 Å². The predicted octanol–water partition coefficient (Wildman–Crippen LogP) is 1.82. The number of rotatable bonds is 2. The van der Waals surface area contributed by atoms with Crippen molar-refractivity contribution in [3.8, 4) is 0 Å². The maximum atomic E-state index is 12.7. The van der Waals surface area contributed by atoms with Gasteiger partial charge in [-0.05, 0) is 0 Å². The molecule has 0 spiro atoms. The first-order valence-corrected chi connectivity index (χ1v) is 12.5. The van der Waals surface area contributed by atoms with Crippen molar-refractivity contribution in [1.29, 1.82) is 0 Å². The zero-order chi connectivity index (χ0) is 10.7. The molecule has 2 radical (unpaired) electrons. The average molecular weight is 409 g/mol. The molecular weight excluding hydrogens is 398 g/mol. The first-order valence-electron chi connectivity index (χ1n) is 4.71. The summed E-state index contributed by atoms with van der Waals surface area (Å²) in [6, 6.07) is 19.6. The van der Waals surface area contributed by atoms with Gasteiger partial charge in [0.25, 0.3) is 0 Å². The van der Waals surface area contributed by atoms with Gasteiger partial charge in [-0.15, -0.1) is 0 Å². The van der Waals surface area contributed by atoms with Crippen LogP contribution < -0.4 is 10.6 Å². The van der Waals surface area contributed by atoms with Gasteiger partial charge >= 0.3 is 105 Å². The summed E-state index contributed by atoms with van der Waals surface area (Å²) in [7, 11) is 0. The predicted molar refractivity (Wildman–Crippen MR) is 66.9 cm³/mol. The molecule has 2 aromatic carbocycles. The summed E-state index contributed by atoms with van der Waals surface area (Å²) in [5.74, 6) is 0. The maximum absolute atomic E-state index is 12.7. The fraction of sp³-hybridized carbons (Fsp3) is 0. The van der Waals surface area contributed by atoms with E-state index in [0.29, 0.717) is 25.2 Å². The first kappa shape index (κ1) is 11.1. The minimum atomic E-state index is -2.23. The Labute approximate surface area is 105 Å². The Kier molecular flexibility index (Phi) is 3.42. The van der Waals surface area contributed by atoms with Gasteiger partial charge < -0.3 is 0 Å². The molecule has 0 N–H and O–H groups in total. The van der Waals surface area contributed by atoms with Crippen molar-refractivity contribution in [3.05, 3.63) is 60.7 Å². The van der Waals surface area contributed by atoms with E-state index in [2.05, 4.69) is 0 Å². The molecule has 2 rings (SSSR count). The van der Waals surface area contributed by atoms with Crippen LogP contribution in [0, 0.1) is 0 Å². The average Bonchev–Trinajstić information content (AvgIpc) is 2.31. The van der Waals surface area contributed by atoms with Gasteiger partial charge in [0.1, 0.15) is 0 Å². The van der Waals surface area contributed by atoms with Gasteiger partial charge in [0.15, 0.2) is 0 Å². The van der Waals surface area contributed by atoms with Gasteiger partial charge in [-0.3, -0.25) is 0 Å². The van der Waals surface area contributed by atoms with Gasteiger partial charge in [0.2, 0.25) is 0 Å². The fourth-order valence-corrected chi connectivity index (χ4v) is 6.99. The van der Waals surface area contributed by atoms with E-state index in [9.17, 15) is 4.57 Å². The summed E-state index contributed by atoms with van der Waals surface area (Å²) in [4.78, 5) is 0. The second kappa shape index (κ2) is 4.62. The quantitative estimate of drug-likeness (QED) is 0.546. The van der Waals surface area contributed by atoms with E-state index < -0.39 is 4.26 Å². The molecule has 2 aromatic rings. The van der Waals surface area contributed by atoms with Crippen LogP contribution in [0.15, 0.2) is 60.7 Å². The van der Waals surface area contributed by atoms with Crippen molar-refractivity contribution in [2.24, 2.45) is 0 Å². The van der Waals surface area contributed by atoms with Gasteiger partial charge in [-0.2, -0.15) is 0 Å². The molecule has 0 aromatic heterocycles. The SMILES string of the molecule is O=[P]([PbH])(c1ccccc1)c1ccccc1. The number of hydrogen-bond donors (Lipinski definition) is 0. The second-order valence-corrected chi connectivity index (χ2v) is 14.2. The molecule has 74 valence electrons. The van der Waals surface area contributed by atoms with Crippen LogP contribution in [-0.2, 0) is 4.57 Å². The molecule has 0 aliphatic carbocycles. The summed E-state index contributed by atoms with van der Waals surface area (Å²) >= 11 is 0.451. The fourth-order valence-electron chi connectivity index (χ4n) is 1.45. The second-order valence-electron chi connectivity index (χ2n) is 3.33. The van der Waals surface area contributed by atoms with Crippen LogP contribution in [0.4, 0.5) is 0 Å². The minimum absolute atomic E-state index is 0.451. The zero-order valence-electron chi connectivity index (χ0n) is 8.21. The molecule has 0 saturated carbocycles. The van der Waals surface area contributed by atoms with Crippen LogP contribution in [0.3, 0.4) is 0 Å². The van der Waals surface area contributed by atoms with Crippen LogP contribution >= 0.6 is 4.26 Å². The van der Waals surface area contributed by atoms with E-state index >= 15 is 0 Å². The van der Waals surface area contributed by atoms with Crippen LogP contribution in [-0.4, -0.2) is 25.2 Å². The van der Waals surface area contributed by atoms with E-state index in [1.165, 1.54) is 0 Å². The summed E-state index contributed by atoms with van der Waals surface area (Å²) in [5.41, 5.74) is 0. The Morgan fingerprint density at radius 2 is 1.07 bits per heavy atom. The third-order valence-corrected chi connectivity index (χ3v) is 11.4. The van der Waals surface area contributed by atoms with Crippen molar-refractivity contribution in [1.82, 2.24) is 0 Å². The van der Waals surface area contributed by atoms with Crippen LogP contribution in [0.2, 0.25) is 0 Å². The first-order chi connectivity index (χ1) is 7.21. The summed E-state index contributed by atoms with van der Waals surface area (Å²) in [6.07, 6.45) is 0. The Morgan fingerprint density at radius 1 is 0.733 bits per heavy atom. The Morgan fingerprint density at radius 3 is 1.40 bits per heavy atom. The molecule has 0 heterocycles. The Balaban J connectivity index is 2.50. The zero-order valence-corrected chi connectivity index (χ0v) is 13.6. The molecule has 0 aliphatic rings. The number of hydrogen-bond acceptors (Lipinski definition) is 1. The molecule has 0 unspecified atom stereocenters. The molecule has 0 atom stereocenters. The van der Waals surface area contributed by atoms with Gasteiger partial charge in [-0.1, -0.05) is 0 Å². The molecular formula is C12H11OPPb. The van der Waals surface area contributed by atoms with Gasteiger partial charge in [0.05, 0.1) is 0 Å². The van der Waals surface area contributed by atoms with Crippen molar-refractivity contribution in [3.63, 3.8) is 0 Å². The van der Waals surface area contributed by atoms with E-state index in [-0.39, 0.29) is 0 Å². The number of benzene rings is 2. The Bertz CT molecular complexity index is 438. The summed E-state index contributed by atoms with van der Waals surface area (Å²) in [5, 5.41) is 1.97. The van der Waals surface area contributed by atoms with Crippen molar-refractivity contribution < 1.29 is 4.57 Å². The molecule has 1 nitrogen and oxygen atoms in total. The third kappa shape index (κ3) is 2.40. The normalized spacial score (nSPS) is 11.3. The van der Waals surface area contributed by atoms with E-state index in [1.807, 2.05) is 60.7 Å². The van der Waals surface area contributed by atoms with Crippen molar-refractivity contribution in [2.45, 2.75) is 0 Å².